The minimum atomic E-state index is -3.37. The van der Waals surface area contributed by atoms with E-state index in [2.05, 4.69) is 0 Å². The maximum Gasteiger partial charge on any atom is 0.311 e. The normalized spacial score (nSPS) is 25.7. The van der Waals surface area contributed by atoms with Crippen LogP contribution in [0.4, 0.5) is 0 Å². The Morgan fingerprint density at radius 3 is 2.37 bits per heavy atom. The summed E-state index contributed by atoms with van der Waals surface area (Å²) in [7, 11) is -3.37. The van der Waals surface area contributed by atoms with E-state index in [9.17, 15) is 18.3 Å². The Morgan fingerprint density at radius 2 is 1.95 bits per heavy atom. The lowest BCUT2D eigenvalue weighted by atomic mass is 9.83. The summed E-state index contributed by atoms with van der Waals surface area (Å²) in [6, 6.07) is 0. The van der Waals surface area contributed by atoms with Crippen LogP contribution in [0.3, 0.4) is 0 Å². The number of aliphatic carboxylic acids is 1. The van der Waals surface area contributed by atoms with E-state index in [1.165, 1.54) is 4.31 Å². The number of hydrogen-bond acceptors (Lipinski definition) is 3. The van der Waals surface area contributed by atoms with Gasteiger partial charge in [-0.05, 0) is 18.3 Å². The summed E-state index contributed by atoms with van der Waals surface area (Å²) >= 11 is 0. The van der Waals surface area contributed by atoms with Gasteiger partial charge in [-0.1, -0.05) is 34.1 Å². The van der Waals surface area contributed by atoms with Crippen LogP contribution in [0.15, 0.2) is 0 Å². The first-order chi connectivity index (χ1) is 8.52. The van der Waals surface area contributed by atoms with Crippen molar-refractivity contribution in [1.29, 1.82) is 0 Å². The summed E-state index contributed by atoms with van der Waals surface area (Å²) < 4.78 is 26.0. The molecule has 0 bridgehead atoms. The quantitative estimate of drug-likeness (QED) is 0.840. The van der Waals surface area contributed by atoms with Crippen LogP contribution < -0.4 is 0 Å². The highest BCUT2D eigenvalue weighted by atomic mass is 32.2. The second-order valence-corrected chi connectivity index (χ2v) is 8.70. The Hall–Kier alpha value is -0.620. The van der Waals surface area contributed by atoms with Gasteiger partial charge < -0.3 is 5.11 Å². The van der Waals surface area contributed by atoms with Crippen LogP contribution in [0.2, 0.25) is 0 Å². The molecular formula is C13H25NO4S. The van der Waals surface area contributed by atoms with Gasteiger partial charge in [0.1, 0.15) is 0 Å². The number of nitrogens with zero attached hydrogens (tertiary/aromatic N) is 1. The highest BCUT2D eigenvalue weighted by Gasteiger charge is 2.47. The minimum Gasteiger partial charge on any atom is -0.481 e. The second-order valence-electron chi connectivity index (χ2n) is 6.74. The number of hydrogen-bond donors (Lipinski definition) is 1. The van der Waals surface area contributed by atoms with E-state index < -0.39 is 21.4 Å². The molecule has 1 heterocycles. The Kier molecular flexibility index (Phi) is 4.67. The highest BCUT2D eigenvalue weighted by molar-refractivity contribution is 7.89. The SMILES string of the molecule is CCCC1(C(=O)O)CCN(S(=O)(=O)CC(C)(C)C)C1. The summed E-state index contributed by atoms with van der Waals surface area (Å²) in [5, 5.41) is 9.39. The number of carboxylic acid groups (broad SMARTS) is 1. The zero-order valence-electron chi connectivity index (χ0n) is 12.3. The molecule has 1 aliphatic rings. The third-order valence-electron chi connectivity index (χ3n) is 3.51. The fourth-order valence-electron chi connectivity index (χ4n) is 2.67. The third kappa shape index (κ3) is 3.92. The van der Waals surface area contributed by atoms with Gasteiger partial charge in [0.2, 0.25) is 10.0 Å². The molecule has 1 fully saturated rings. The van der Waals surface area contributed by atoms with Crippen molar-refractivity contribution in [3.05, 3.63) is 0 Å². The van der Waals surface area contributed by atoms with Gasteiger partial charge in [-0.25, -0.2) is 12.7 Å². The lowest BCUT2D eigenvalue weighted by Crippen LogP contribution is -2.39. The molecule has 0 spiro atoms. The van der Waals surface area contributed by atoms with Crippen molar-refractivity contribution >= 4 is 16.0 Å². The van der Waals surface area contributed by atoms with Crippen molar-refractivity contribution in [2.24, 2.45) is 10.8 Å². The molecule has 19 heavy (non-hydrogen) atoms. The van der Waals surface area contributed by atoms with Gasteiger partial charge in [-0.2, -0.15) is 0 Å². The monoisotopic (exact) mass is 291 g/mol. The predicted molar refractivity (Wildman–Crippen MR) is 74.4 cm³/mol. The Morgan fingerprint density at radius 1 is 1.37 bits per heavy atom. The summed E-state index contributed by atoms with van der Waals surface area (Å²) in [5.41, 5.74) is -1.21. The Balaban J connectivity index is 2.88. The first-order valence-electron chi connectivity index (χ1n) is 6.74. The fourth-order valence-corrected chi connectivity index (χ4v) is 4.76. The van der Waals surface area contributed by atoms with Gasteiger partial charge in [0.15, 0.2) is 0 Å². The van der Waals surface area contributed by atoms with Gasteiger partial charge in [0.05, 0.1) is 11.2 Å². The van der Waals surface area contributed by atoms with Gasteiger partial charge in [0.25, 0.3) is 0 Å². The molecule has 1 atom stereocenters. The van der Waals surface area contributed by atoms with Crippen LogP contribution >= 0.6 is 0 Å². The first-order valence-corrected chi connectivity index (χ1v) is 8.35. The van der Waals surface area contributed by atoms with E-state index in [-0.39, 0.29) is 17.7 Å². The molecule has 0 radical (unpaired) electrons. The van der Waals surface area contributed by atoms with Crippen LogP contribution in [0, 0.1) is 10.8 Å². The third-order valence-corrected chi connectivity index (χ3v) is 5.84. The molecule has 6 heteroatoms. The molecule has 1 unspecified atom stereocenters. The molecule has 1 saturated heterocycles. The van der Waals surface area contributed by atoms with Gasteiger partial charge in [-0.3, -0.25) is 4.79 Å². The molecule has 0 aromatic carbocycles. The minimum absolute atomic E-state index is 0.0574. The molecule has 0 saturated carbocycles. The van der Waals surface area contributed by atoms with Crippen molar-refractivity contribution in [3.8, 4) is 0 Å². The van der Waals surface area contributed by atoms with Crippen LogP contribution in [-0.2, 0) is 14.8 Å². The van der Waals surface area contributed by atoms with Crippen molar-refractivity contribution in [3.63, 3.8) is 0 Å². The molecule has 112 valence electrons. The molecule has 1 N–H and O–H groups in total. The number of carboxylic acids is 1. The average Bonchev–Trinajstić information content (AvgIpc) is 2.60. The van der Waals surface area contributed by atoms with Gasteiger partial charge in [0, 0.05) is 13.1 Å². The standard InChI is InChI=1S/C13H25NO4S/c1-5-6-13(11(15)16)7-8-14(9-13)19(17,18)10-12(2,3)4/h5-10H2,1-4H3,(H,15,16). The summed E-state index contributed by atoms with van der Waals surface area (Å²) in [6.45, 7) is 7.99. The van der Waals surface area contributed by atoms with Crippen molar-refractivity contribution < 1.29 is 18.3 Å². The van der Waals surface area contributed by atoms with Crippen molar-refractivity contribution in [2.45, 2.75) is 47.0 Å². The highest BCUT2D eigenvalue weighted by Crippen LogP contribution is 2.37. The van der Waals surface area contributed by atoms with Crippen LogP contribution in [-0.4, -0.2) is 42.6 Å². The molecular weight excluding hydrogens is 266 g/mol. The topological polar surface area (TPSA) is 74.7 Å². The maximum absolute atomic E-state index is 12.3. The molecule has 0 amide bonds. The molecule has 5 nitrogen and oxygen atoms in total. The lowest BCUT2D eigenvalue weighted by molar-refractivity contribution is -0.148. The Labute approximate surface area is 116 Å². The predicted octanol–water partition coefficient (Wildman–Crippen LogP) is 1.94. The van der Waals surface area contributed by atoms with Crippen LogP contribution in [0.1, 0.15) is 47.0 Å². The van der Waals surface area contributed by atoms with E-state index in [1.807, 2.05) is 27.7 Å². The Bertz CT molecular complexity index is 438. The number of rotatable bonds is 5. The van der Waals surface area contributed by atoms with E-state index in [4.69, 9.17) is 0 Å². The van der Waals surface area contributed by atoms with Crippen molar-refractivity contribution in [1.82, 2.24) is 4.31 Å². The smallest absolute Gasteiger partial charge is 0.311 e. The van der Waals surface area contributed by atoms with Crippen LogP contribution in [0.5, 0.6) is 0 Å². The fraction of sp³-hybridized carbons (Fsp3) is 0.923. The van der Waals surface area contributed by atoms with E-state index in [0.717, 1.165) is 6.42 Å². The summed E-state index contributed by atoms with van der Waals surface area (Å²) in [4.78, 5) is 11.4. The zero-order chi connectivity index (χ0) is 14.9. The molecule has 0 aliphatic carbocycles. The first kappa shape index (κ1) is 16.4. The summed E-state index contributed by atoms with van der Waals surface area (Å²) in [5.74, 6) is -0.815. The van der Waals surface area contributed by atoms with Crippen LogP contribution in [0.25, 0.3) is 0 Å². The molecule has 0 aromatic heterocycles. The number of sulfonamides is 1. The van der Waals surface area contributed by atoms with Gasteiger partial charge in [-0.15, -0.1) is 0 Å². The average molecular weight is 291 g/mol. The number of carbonyl (C=O) groups is 1. The van der Waals surface area contributed by atoms with E-state index in [1.54, 1.807) is 0 Å². The largest absolute Gasteiger partial charge is 0.481 e. The van der Waals surface area contributed by atoms with Gasteiger partial charge >= 0.3 is 5.97 Å². The molecule has 1 rings (SSSR count). The lowest BCUT2D eigenvalue weighted by Gasteiger charge is -2.26. The molecule has 1 aliphatic heterocycles. The summed E-state index contributed by atoms with van der Waals surface area (Å²) in [6.07, 6.45) is 1.70. The van der Waals surface area contributed by atoms with E-state index >= 15 is 0 Å². The zero-order valence-corrected chi connectivity index (χ0v) is 13.1. The van der Waals surface area contributed by atoms with Crippen molar-refractivity contribution in [2.75, 3.05) is 18.8 Å². The molecule has 0 aromatic rings. The second kappa shape index (κ2) is 5.40. The maximum atomic E-state index is 12.3. The van der Waals surface area contributed by atoms with E-state index in [0.29, 0.717) is 19.4 Å².